The molecule has 17 heavy (non-hydrogen) atoms. The van der Waals surface area contributed by atoms with E-state index in [2.05, 4.69) is 4.84 Å². The van der Waals surface area contributed by atoms with Crippen LogP contribution in [-0.2, 0) is 16.2 Å². The number of fused-ring (bicyclic) bond motifs is 1. The van der Waals surface area contributed by atoms with Crippen molar-refractivity contribution < 1.29 is 9.63 Å². The van der Waals surface area contributed by atoms with Gasteiger partial charge in [-0.1, -0.05) is 29.3 Å². The SMILES string of the molecule is NNOC(=O)CCn1ccc2cccc(Cl)c21. The number of hydrogen-bond donors (Lipinski definition) is 2. The van der Waals surface area contributed by atoms with Gasteiger partial charge >= 0.3 is 5.97 Å². The van der Waals surface area contributed by atoms with Gasteiger partial charge in [0.25, 0.3) is 0 Å². The molecular weight excluding hydrogens is 242 g/mol. The zero-order chi connectivity index (χ0) is 12.3. The van der Waals surface area contributed by atoms with Gasteiger partial charge in [0, 0.05) is 18.1 Å². The van der Waals surface area contributed by atoms with Crippen molar-refractivity contribution in [2.24, 2.45) is 5.84 Å². The zero-order valence-electron chi connectivity index (χ0n) is 9.02. The van der Waals surface area contributed by atoms with Crippen molar-refractivity contribution in [3.8, 4) is 0 Å². The fourth-order valence-corrected chi connectivity index (χ4v) is 2.02. The predicted octanol–water partition coefficient (Wildman–Crippen LogP) is 1.61. The molecule has 0 radical (unpaired) electrons. The van der Waals surface area contributed by atoms with Crippen LogP contribution in [0.3, 0.4) is 0 Å². The van der Waals surface area contributed by atoms with Gasteiger partial charge < -0.3 is 9.40 Å². The van der Waals surface area contributed by atoms with Gasteiger partial charge in [0.2, 0.25) is 0 Å². The molecule has 0 unspecified atom stereocenters. The molecule has 0 atom stereocenters. The average molecular weight is 254 g/mol. The van der Waals surface area contributed by atoms with E-state index < -0.39 is 5.97 Å². The van der Waals surface area contributed by atoms with E-state index in [0.717, 1.165) is 10.9 Å². The van der Waals surface area contributed by atoms with E-state index in [9.17, 15) is 4.79 Å². The minimum atomic E-state index is -0.415. The van der Waals surface area contributed by atoms with Crippen LogP contribution < -0.4 is 11.4 Å². The average Bonchev–Trinajstić information content (AvgIpc) is 2.71. The summed E-state index contributed by atoms with van der Waals surface area (Å²) in [5.74, 6) is 4.46. The van der Waals surface area contributed by atoms with Crippen LogP contribution in [0.1, 0.15) is 6.42 Å². The molecule has 0 bridgehead atoms. The quantitative estimate of drug-likeness (QED) is 0.642. The lowest BCUT2D eigenvalue weighted by atomic mass is 10.2. The lowest BCUT2D eigenvalue weighted by molar-refractivity contribution is -0.151. The minimum absolute atomic E-state index is 0.221. The Morgan fingerprint density at radius 3 is 3.06 bits per heavy atom. The molecule has 1 aromatic carbocycles. The van der Waals surface area contributed by atoms with Crippen LogP contribution in [-0.4, -0.2) is 10.5 Å². The highest BCUT2D eigenvalue weighted by molar-refractivity contribution is 6.35. The summed E-state index contributed by atoms with van der Waals surface area (Å²) in [7, 11) is 0. The number of hydrogen-bond acceptors (Lipinski definition) is 4. The molecule has 0 aliphatic carbocycles. The molecule has 0 fully saturated rings. The molecule has 2 rings (SSSR count). The number of hydrazine groups is 1. The third-order valence-corrected chi connectivity index (χ3v) is 2.77. The van der Waals surface area contributed by atoms with Crippen molar-refractivity contribution in [1.82, 2.24) is 10.2 Å². The highest BCUT2D eigenvalue weighted by Gasteiger charge is 2.07. The summed E-state index contributed by atoms with van der Waals surface area (Å²) in [6, 6.07) is 7.63. The van der Waals surface area contributed by atoms with Crippen molar-refractivity contribution in [2.45, 2.75) is 13.0 Å². The van der Waals surface area contributed by atoms with E-state index in [1.807, 2.05) is 40.6 Å². The number of carbonyl (C=O) groups excluding carboxylic acids is 1. The number of halogens is 1. The van der Waals surface area contributed by atoms with Gasteiger partial charge in [-0.25, -0.2) is 5.84 Å². The van der Waals surface area contributed by atoms with Crippen LogP contribution in [0.25, 0.3) is 10.9 Å². The second-order valence-corrected chi connectivity index (χ2v) is 3.94. The molecule has 1 heterocycles. The van der Waals surface area contributed by atoms with Gasteiger partial charge in [-0.15, -0.1) is 0 Å². The number of nitrogens with two attached hydrogens (primary N) is 1. The summed E-state index contributed by atoms with van der Waals surface area (Å²) in [6.45, 7) is 0.494. The van der Waals surface area contributed by atoms with Gasteiger partial charge in [-0.2, -0.15) is 0 Å². The standard InChI is InChI=1S/C11H12ClN3O2/c12-9-3-1-2-8-4-6-15(11(8)9)7-5-10(16)17-14-13/h1-4,6,14H,5,7,13H2. The van der Waals surface area contributed by atoms with Crippen molar-refractivity contribution in [2.75, 3.05) is 0 Å². The van der Waals surface area contributed by atoms with Gasteiger partial charge in [-0.05, 0) is 12.1 Å². The zero-order valence-corrected chi connectivity index (χ0v) is 9.78. The molecule has 1 aromatic heterocycles. The normalized spacial score (nSPS) is 10.7. The number of nitrogens with one attached hydrogen (secondary N) is 1. The van der Waals surface area contributed by atoms with Crippen LogP contribution in [0.15, 0.2) is 30.5 Å². The summed E-state index contributed by atoms with van der Waals surface area (Å²) < 4.78 is 1.91. The van der Waals surface area contributed by atoms with Crippen LogP contribution in [0.4, 0.5) is 0 Å². The molecule has 0 aliphatic heterocycles. The maximum absolute atomic E-state index is 11.1. The van der Waals surface area contributed by atoms with Crippen LogP contribution in [0.2, 0.25) is 5.02 Å². The van der Waals surface area contributed by atoms with E-state index in [1.165, 1.54) is 0 Å². The molecule has 90 valence electrons. The first kappa shape index (κ1) is 11.9. The molecule has 0 saturated heterocycles. The van der Waals surface area contributed by atoms with E-state index in [4.69, 9.17) is 17.4 Å². The largest absolute Gasteiger partial charge is 0.356 e. The highest BCUT2D eigenvalue weighted by atomic mass is 35.5. The summed E-state index contributed by atoms with van der Waals surface area (Å²) >= 11 is 6.11. The Kier molecular flexibility index (Phi) is 3.63. The molecule has 0 spiro atoms. The van der Waals surface area contributed by atoms with E-state index in [-0.39, 0.29) is 6.42 Å². The predicted molar refractivity (Wildman–Crippen MR) is 65.0 cm³/mol. The fourth-order valence-electron chi connectivity index (χ4n) is 1.73. The lowest BCUT2D eigenvalue weighted by Gasteiger charge is -2.06. The number of nitrogens with zero attached hydrogens (tertiary/aromatic N) is 1. The number of para-hydroxylation sites is 1. The summed E-state index contributed by atoms with van der Waals surface area (Å²) in [5, 5.41) is 1.71. The molecular formula is C11H12ClN3O2. The van der Waals surface area contributed by atoms with Crippen LogP contribution in [0, 0.1) is 0 Å². The third-order valence-electron chi connectivity index (χ3n) is 2.47. The Bertz CT molecular complexity index is 538. The van der Waals surface area contributed by atoms with Gasteiger partial charge in [-0.3, -0.25) is 4.79 Å². The molecule has 6 heteroatoms. The first-order chi connectivity index (χ1) is 8.22. The fraction of sp³-hybridized carbons (Fsp3) is 0.182. The summed E-state index contributed by atoms with van der Waals surface area (Å²) in [5.41, 5.74) is 2.78. The third kappa shape index (κ3) is 2.58. The first-order valence-electron chi connectivity index (χ1n) is 5.11. The highest BCUT2D eigenvalue weighted by Crippen LogP contribution is 2.24. The molecule has 2 aromatic rings. The number of aromatic nitrogens is 1. The van der Waals surface area contributed by atoms with Crippen molar-refractivity contribution in [1.29, 1.82) is 0 Å². The second-order valence-electron chi connectivity index (χ2n) is 3.53. The molecule has 5 nitrogen and oxygen atoms in total. The van der Waals surface area contributed by atoms with E-state index >= 15 is 0 Å². The van der Waals surface area contributed by atoms with E-state index in [1.54, 1.807) is 0 Å². The lowest BCUT2D eigenvalue weighted by Crippen LogP contribution is -2.26. The number of carbonyl (C=O) groups is 1. The Labute approximate surface area is 103 Å². The Morgan fingerprint density at radius 1 is 1.47 bits per heavy atom. The number of benzene rings is 1. The Morgan fingerprint density at radius 2 is 2.29 bits per heavy atom. The molecule has 3 N–H and O–H groups in total. The molecule has 0 aliphatic rings. The maximum atomic E-state index is 11.1. The van der Waals surface area contributed by atoms with Crippen molar-refractivity contribution in [3.05, 3.63) is 35.5 Å². The van der Waals surface area contributed by atoms with Crippen molar-refractivity contribution >= 4 is 28.5 Å². The van der Waals surface area contributed by atoms with Gasteiger partial charge in [0.1, 0.15) is 0 Å². The topological polar surface area (TPSA) is 69.3 Å². The number of rotatable bonds is 4. The van der Waals surface area contributed by atoms with Gasteiger partial charge in [0.05, 0.1) is 17.0 Å². The molecule has 0 saturated carbocycles. The Balaban J connectivity index is 2.16. The Hall–Kier alpha value is -1.56. The van der Waals surface area contributed by atoms with Gasteiger partial charge in [0.15, 0.2) is 0 Å². The summed E-state index contributed by atoms with van der Waals surface area (Å²) in [4.78, 5) is 15.6. The van der Waals surface area contributed by atoms with E-state index in [0.29, 0.717) is 11.6 Å². The molecule has 0 amide bonds. The van der Waals surface area contributed by atoms with Crippen LogP contribution >= 0.6 is 11.6 Å². The van der Waals surface area contributed by atoms with Crippen LogP contribution in [0.5, 0.6) is 0 Å². The first-order valence-corrected chi connectivity index (χ1v) is 5.49. The van der Waals surface area contributed by atoms with Crippen molar-refractivity contribution in [3.63, 3.8) is 0 Å². The second kappa shape index (κ2) is 5.18. The minimum Gasteiger partial charge on any atom is -0.356 e. The monoisotopic (exact) mass is 253 g/mol. The maximum Gasteiger partial charge on any atom is 0.328 e. The number of aryl methyl sites for hydroxylation is 1. The summed E-state index contributed by atoms with van der Waals surface area (Å²) in [6.07, 6.45) is 2.11. The smallest absolute Gasteiger partial charge is 0.328 e.